The third-order valence-electron chi connectivity index (χ3n) is 2.84. The van der Waals surface area contributed by atoms with Crippen LogP contribution in [0.4, 0.5) is 0 Å². The number of aryl methyl sites for hydroxylation is 1. The molecule has 2 nitrogen and oxygen atoms in total. The summed E-state index contributed by atoms with van der Waals surface area (Å²) in [6.45, 7) is 2.14. The highest BCUT2D eigenvalue weighted by atomic mass is 35.5. The van der Waals surface area contributed by atoms with E-state index in [1.807, 2.05) is 18.2 Å². The number of benzene rings is 1. The summed E-state index contributed by atoms with van der Waals surface area (Å²) < 4.78 is 0. The highest BCUT2D eigenvalue weighted by Gasteiger charge is 2.11. The van der Waals surface area contributed by atoms with Gasteiger partial charge in [-0.05, 0) is 29.7 Å². The molecule has 0 saturated heterocycles. The third-order valence-corrected chi connectivity index (χ3v) is 3.06. The van der Waals surface area contributed by atoms with Gasteiger partial charge in [-0.2, -0.15) is 0 Å². The molecular weight excluding hydrogens is 246 g/mol. The van der Waals surface area contributed by atoms with E-state index in [-0.39, 0.29) is 0 Å². The first-order chi connectivity index (χ1) is 8.70. The summed E-state index contributed by atoms with van der Waals surface area (Å²) in [5, 5.41) is 10.8. The molecule has 3 heteroatoms. The zero-order chi connectivity index (χ0) is 13.0. The van der Waals surface area contributed by atoms with Crippen LogP contribution in [0.15, 0.2) is 42.6 Å². The zero-order valence-electron chi connectivity index (χ0n) is 10.3. The monoisotopic (exact) mass is 261 g/mol. The fourth-order valence-electron chi connectivity index (χ4n) is 1.93. The highest BCUT2D eigenvalue weighted by molar-refractivity contribution is 6.30. The molecule has 0 bridgehead atoms. The summed E-state index contributed by atoms with van der Waals surface area (Å²) in [7, 11) is 0. The van der Waals surface area contributed by atoms with E-state index in [0.29, 0.717) is 10.7 Å². The summed E-state index contributed by atoms with van der Waals surface area (Å²) in [5.74, 6) is 0. The van der Waals surface area contributed by atoms with Crippen LogP contribution in [-0.4, -0.2) is 10.1 Å². The van der Waals surface area contributed by atoms with Crippen LogP contribution in [0.25, 0.3) is 0 Å². The summed E-state index contributed by atoms with van der Waals surface area (Å²) in [5.41, 5.74) is 2.73. The molecular formula is C15H16ClNO. The quantitative estimate of drug-likeness (QED) is 0.909. The molecule has 1 aromatic heterocycles. The second kappa shape index (κ2) is 5.98. The lowest BCUT2D eigenvalue weighted by Gasteiger charge is -2.11. The van der Waals surface area contributed by atoms with Crippen molar-refractivity contribution in [3.8, 4) is 0 Å². The molecule has 0 radical (unpaired) electrons. The molecule has 1 unspecified atom stereocenters. The van der Waals surface area contributed by atoms with Crippen LogP contribution in [0.2, 0.25) is 5.02 Å². The molecule has 0 spiro atoms. The highest BCUT2D eigenvalue weighted by Crippen LogP contribution is 2.22. The number of hydrogen-bond acceptors (Lipinski definition) is 2. The van der Waals surface area contributed by atoms with E-state index < -0.39 is 6.10 Å². The lowest BCUT2D eigenvalue weighted by molar-refractivity contribution is 0.215. The van der Waals surface area contributed by atoms with Crippen molar-refractivity contribution in [2.75, 3.05) is 0 Å². The molecule has 1 N–H and O–H groups in total. The maximum atomic E-state index is 10.3. The number of rotatable bonds is 4. The van der Waals surface area contributed by atoms with Crippen molar-refractivity contribution in [2.45, 2.75) is 25.9 Å². The van der Waals surface area contributed by atoms with Gasteiger partial charge in [0.1, 0.15) is 6.10 Å². The van der Waals surface area contributed by atoms with Gasteiger partial charge in [-0.1, -0.05) is 49.2 Å². The second-order valence-corrected chi connectivity index (χ2v) is 4.74. The van der Waals surface area contributed by atoms with Crippen molar-refractivity contribution in [3.63, 3.8) is 0 Å². The standard InChI is InChI=1S/C15H16ClNO/c1-2-4-11-5-3-6-12(9-11)15(18)14-8-7-13(16)10-17-14/h3,5-10,15,18H,2,4H2,1H3. The molecule has 0 amide bonds. The molecule has 1 aromatic carbocycles. The van der Waals surface area contributed by atoms with Gasteiger partial charge in [0.2, 0.25) is 0 Å². The molecule has 1 heterocycles. The van der Waals surface area contributed by atoms with E-state index in [1.165, 1.54) is 5.56 Å². The molecule has 94 valence electrons. The van der Waals surface area contributed by atoms with Crippen LogP contribution < -0.4 is 0 Å². The van der Waals surface area contributed by atoms with Gasteiger partial charge >= 0.3 is 0 Å². The minimum atomic E-state index is -0.695. The molecule has 2 rings (SSSR count). The minimum absolute atomic E-state index is 0.575. The first-order valence-corrected chi connectivity index (χ1v) is 6.47. The Kier molecular flexibility index (Phi) is 4.34. The van der Waals surface area contributed by atoms with Crippen molar-refractivity contribution in [1.82, 2.24) is 4.98 Å². The summed E-state index contributed by atoms with van der Waals surface area (Å²) >= 11 is 5.78. The van der Waals surface area contributed by atoms with E-state index in [9.17, 15) is 5.11 Å². The molecule has 0 aliphatic carbocycles. The van der Waals surface area contributed by atoms with Crippen LogP contribution in [0.5, 0.6) is 0 Å². The SMILES string of the molecule is CCCc1cccc(C(O)c2ccc(Cl)cn2)c1. The molecule has 1 atom stereocenters. The van der Waals surface area contributed by atoms with E-state index in [2.05, 4.69) is 18.0 Å². The van der Waals surface area contributed by atoms with Crippen molar-refractivity contribution in [1.29, 1.82) is 0 Å². The van der Waals surface area contributed by atoms with E-state index >= 15 is 0 Å². The number of aliphatic hydroxyl groups is 1. The average Bonchev–Trinajstić information content (AvgIpc) is 2.39. The van der Waals surface area contributed by atoms with Crippen LogP contribution >= 0.6 is 11.6 Å². The van der Waals surface area contributed by atoms with Gasteiger partial charge < -0.3 is 5.11 Å². The fraction of sp³-hybridized carbons (Fsp3) is 0.267. The largest absolute Gasteiger partial charge is 0.382 e. The average molecular weight is 262 g/mol. The van der Waals surface area contributed by atoms with Gasteiger partial charge in [-0.15, -0.1) is 0 Å². The molecule has 18 heavy (non-hydrogen) atoms. The minimum Gasteiger partial charge on any atom is -0.382 e. The normalized spacial score (nSPS) is 12.4. The van der Waals surface area contributed by atoms with Crippen LogP contribution in [0.1, 0.15) is 36.3 Å². The van der Waals surface area contributed by atoms with Crippen molar-refractivity contribution >= 4 is 11.6 Å². The Morgan fingerprint density at radius 1 is 1.28 bits per heavy atom. The van der Waals surface area contributed by atoms with Gasteiger partial charge in [0, 0.05) is 6.20 Å². The van der Waals surface area contributed by atoms with Crippen molar-refractivity contribution in [2.24, 2.45) is 0 Å². The van der Waals surface area contributed by atoms with Crippen molar-refractivity contribution < 1.29 is 5.11 Å². The van der Waals surface area contributed by atoms with Crippen LogP contribution in [0.3, 0.4) is 0 Å². The number of hydrogen-bond donors (Lipinski definition) is 1. The first-order valence-electron chi connectivity index (χ1n) is 6.09. The van der Waals surface area contributed by atoms with E-state index in [1.54, 1.807) is 18.3 Å². The van der Waals surface area contributed by atoms with Gasteiger partial charge in [-0.25, -0.2) is 0 Å². The van der Waals surface area contributed by atoms with E-state index in [0.717, 1.165) is 18.4 Å². The predicted molar refractivity (Wildman–Crippen MR) is 73.7 cm³/mol. The van der Waals surface area contributed by atoms with Gasteiger partial charge in [0.25, 0.3) is 0 Å². The summed E-state index contributed by atoms with van der Waals surface area (Å²) in [6, 6.07) is 11.5. The summed E-state index contributed by atoms with van der Waals surface area (Å²) in [6.07, 6.45) is 2.97. The molecule has 2 aromatic rings. The molecule has 0 fully saturated rings. The number of halogens is 1. The van der Waals surface area contributed by atoms with Gasteiger partial charge in [0.15, 0.2) is 0 Å². The van der Waals surface area contributed by atoms with Gasteiger partial charge in [0.05, 0.1) is 10.7 Å². The van der Waals surface area contributed by atoms with Crippen LogP contribution in [-0.2, 0) is 6.42 Å². The number of pyridine rings is 1. The zero-order valence-corrected chi connectivity index (χ0v) is 11.1. The second-order valence-electron chi connectivity index (χ2n) is 4.30. The van der Waals surface area contributed by atoms with Gasteiger partial charge in [-0.3, -0.25) is 4.98 Å². The molecule has 0 saturated carbocycles. The van der Waals surface area contributed by atoms with Crippen molar-refractivity contribution in [3.05, 3.63) is 64.4 Å². The number of aromatic nitrogens is 1. The Morgan fingerprint density at radius 3 is 2.78 bits per heavy atom. The van der Waals surface area contributed by atoms with Crippen LogP contribution in [0, 0.1) is 0 Å². The Morgan fingerprint density at radius 2 is 2.11 bits per heavy atom. The maximum absolute atomic E-state index is 10.3. The first kappa shape index (κ1) is 13.1. The summed E-state index contributed by atoms with van der Waals surface area (Å²) in [4.78, 5) is 4.15. The maximum Gasteiger partial charge on any atom is 0.121 e. The Balaban J connectivity index is 2.24. The third kappa shape index (κ3) is 3.09. The Labute approximate surface area is 112 Å². The lowest BCUT2D eigenvalue weighted by atomic mass is 10.0. The molecule has 0 aliphatic heterocycles. The van der Waals surface area contributed by atoms with E-state index in [4.69, 9.17) is 11.6 Å². The molecule has 0 aliphatic rings. The Bertz CT molecular complexity index is 510. The topological polar surface area (TPSA) is 33.1 Å². The Hall–Kier alpha value is -1.38. The number of nitrogens with zero attached hydrogens (tertiary/aromatic N) is 1. The smallest absolute Gasteiger partial charge is 0.121 e. The fourth-order valence-corrected chi connectivity index (χ4v) is 2.04. The number of aliphatic hydroxyl groups excluding tert-OH is 1. The predicted octanol–water partition coefficient (Wildman–Crippen LogP) is 3.77. The lowest BCUT2D eigenvalue weighted by Crippen LogP contribution is -2.02.